The van der Waals surface area contributed by atoms with Crippen molar-refractivity contribution in [3.8, 4) is 0 Å². The highest BCUT2D eigenvalue weighted by Crippen LogP contribution is 2.04. The minimum absolute atomic E-state index is 0.240. The van der Waals surface area contributed by atoms with E-state index in [1.54, 1.807) is 30.3 Å². The van der Waals surface area contributed by atoms with E-state index in [4.69, 9.17) is 10.5 Å². The van der Waals surface area contributed by atoms with Crippen LogP contribution >= 0.6 is 0 Å². The van der Waals surface area contributed by atoms with Gasteiger partial charge in [-0.15, -0.1) is 0 Å². The minimum Gasteiger partial charge on any atom is -0.436 e. The zero-order chi connectivity index (χ0) is 12.7. The van der Waals surface area contributed by atoms with Crippen LogP contribution in [0.2, 0.25) is 0 Å². The first kappa shape index (κ1) is 13.4. The van der Waals surface area contributed by atoms with Crippen molar-refractivity contribution in [2.75, 3.05) is 0 Å². The van der Waals surface area contributed by atoms with Gasteiger partial charge in [-0.05, 0) is 18.6 Å². The Morgan fingerprint density at radius 1 is 1.29 bits per heavy atom. The number of carbonyl (C=O) groups excluding carboxylic acids is 2. The number of ether oxygens (including phenoxy) is 1. The first-order valence-electron chi connectivity index (χ1n) is 5.69. The number of hydrogen-bond acceptors (Lipinski definition) is 4. The molecule has 0 aliphatic carbocycles. The van der Waals surface area contributed by atoms with E-state index in [0.717, 1.165) is 12.8 Å². The van der Waals surface area contributed by atoms with Crippen LogP contribution in [0.4, 0.5) is 0 Å². The molecule has 2 N–H and O–H groups in total. The van der Waals surface area contributed by atoms with Gasteiger partial charge in [-0.1, -0.05) is 31.5 Å². The topological polar surface area (TPSA) is 69.4 Å². The van der Waals surface area contributed by atoms with E-state index < -0.39 is 12.2 Å². The van der Waals surface area contributed by atoms with Crippen molar-refractivity contribution in [3.63, 3.8) is 0 Å². The van der Waals surface area contributed by atoms with E-state index in [2.05, 4.69) is 0 Å². The molecule has 0 amide bonds. The molecule has 1 aromatic carbocycles. The second-order valence-corrected chi connectivity index (χ2v) is 3.76. The lowest BCUT2D eigenvalue weighted by molar-refractivity contribution is -0.127. The average molecular weight is 235 g/mol. The molecule has 1 unspecified atom stereocenters. The monoisotopic (exact) mass is 235 g/mol. The number of nitrogens with two attached hydrogens (primary N) is 1. The molecule has 0 saturated carbocycles. The molecule has 0 radical (unpaired) electrons. The molecule has 0 spiro atoms. The van der Waals surface area contributed by atoms with Crippen molar-refractivity contribution < 1.29 is 14.3 Å². The second-order valence-electron chi connectivity index (χ2n) is 3.76. The summed E-state index contributed by atoms with van der Waals surface area (Å²) in [6.45, 7) is 1.98. The van der Waals surface area contributed by atoms with Crippen molar-refractivity contribution in [1.29, 1.82) is 0 Å². The Morgan fingerprint density at radius 3 is 2.53 bits per heavy atom. The van der Waals surface area contributed by atoms with Gasteiger partial charge >= 0.3 is 5.97 Å². The Balaban J connectivity index is 2.49. The van der Waals surface area contributed by atoms with Crippen molar-refractivity contribution in [1.82, 2.24) is 0 Å². The highest BCUT2D eigenvalue weighted by Gasteiger charge is 2.18. The van der Waals surface area contributed by atoms with Crippen LogP contribution in [0.3, 0.4) is 0 Å². The maximum absolute atomic E-state index is 11.6. The van der Waals surface area contributed by atoms with Crippen LogP contribution < -0.4 is 5.73 Å². The minimum atomic E-state index is -1.16. The SMILES string of the molecule is CCCCC(=O)C(N)OC(=O)c1ccccc1. The predicted molar refractivity (Wildman–Crippen MR) is 64.4 cm³/mol. The molecule has 92 valence electrons. The third-order valence-corrected chi connectivity index (χ3v) is 2.34. The number of Topliss-reactive ketones (excluding diaryl/α,β-unsaturated/α-hetero) is 1. The van der Waals surface area contributed by atoms with Crippen LogP contribution in [-0.2, 0) is 9.53 Å². The van der Waals surface area contributed by atoms with Gasteiger partial charge in [-0.25, -0.2) is 4.79 Å². The number of ketones is 1. The van der Waals surface area contributed by atoms with Gasteiger partial charge in [0.05, 0.1) is 5.56 Å². The van der Waals surface area contributed by atoms with Gasteiger partial charge in [0.2, 0.25) is 6.23 Å². The Bertz CT molecular complexity index is 376. The van der Waals surface area contributed by atoms with Crippen molar-refractivity contribution in [3.05, 3.63) is 35.9 Å². The van der Waals surface area contributed by atoms with Gasteiger partial charge in [-0.2, -0.15) is 0 Å². The standard InChI is InChI=1S/C13H17NO3/c1-2-3-9-11(15)12(14)17-13(16)10-7-5-4-6-8-10/h4-8,12H,2-3,9,14H2,1H3. The molecule has 0 fully saturated rings. The Morgan fingerprint density at radius 2 is 1.94 bits per heavy atom. The fraction of sp³-hybridized carbons (Fsp3) is 0.385. The first-order valence-corrected chi connectivity index (χ1v) is 5.69. The lowest BCUT2D eigenvalue weighted by Crippen LogP contribution is -2.35. The number of carbonyl (C=O) groups is 2. The first-order chi connectivity index (χ1) is 8.15. The molecule has 1 rings (SSSR count). The van der Waals surface area contributed by atoms with E-state index in [-0.39, 0.29) is 5.78 Å². The Kier molecular flexibility index (Phi) is 5.36. The largest absolute Gasteiger partial charge is 0.436 e. The third kappa shape index (κ3) is 4.36. The molecule has 0 aliphatic rings. The van der Waals surface area contributed by atoms with Gasteiger partial charge in [0.25, 0.3) is 0 Å². The molecule has 1 atom stereocenters. The summed E-state index contributed by atoms with van der Waals surface area (Å²) in [5.41, 5.74) is 5.90. The average Bonchev–Trinajstić information content (AvgIpc) is 2.36. The van der Waals surface area contributed by atoms with E-state index in [1.807, 2.05) is 6.92 Å². The highest BCUT2D eigenvalue weighted by atomic mass is 16.6. The normalized spacial score (nSPS) is 11.9. The maximum Gasteiger partial charge on any atom is 0.340 e. The van der Waals surface area contributed by atoms with Crippen LogP contribution in [0.1, 0.15) is 36.5 Å². The molecular formula is C13H17NO3. The van der Waals surface area contributed by atoms with Crippen LogP contribution in [0, 0.1) is 0 Å². The van der Waals surface area contributed by atoms with E-state index in [0.29, 0.717) is 12.0 Å². The molecule has 0 saturated heterocycles. The van der Waals surface area contributed by atoms with Gasteiger partial charge in [-0.3, -0.25) is 10.5 Å². The fourth-order valence-corrected chi connectivity index (χ4v) is 1.32. The van der Waals surface area contributed by atoms with Gasteiger partial charge in [0.1, 0.15) is 0 Å². The Labute approximate surface area is 101 Å². The van der Waals surface area contributed by atoms with Crippen LogP contribution in [0.15, 0.2) is 30.3 Å². The quantitative estimate of drug-likeness (QED) is 0.603. The summed E-state index contributed by atoms with van der Waals surface area (Å²) >= 11 is 0. The maximum atomic E-state index is 11.6. The van der Waals surface area contributed by atoms with E-state index in [9.17, 15) is 9.59 Å². The molecule has 0 bridgehead atoms. The zero-order valence-corrected chi connectivity index (χ0v) is 9.89. The molecule has 1 aromatic rings. The van der Waals surface area contributed by atoms with Crippen molar-refractivity contribution >= 4 is 11.8 Å². The van der Waals surface area contributed by atoms with E-state index in [1.165, 1.54) is 0 Å². The van der Waals surface area contributed by atoms with Gasteiger partial charge < -0.3 is 4.74 Å². The molecule has 17 heavy (non-hydrogen) atoms. The summed E-state index contributed by atoms with van der Waals surface area (Å²) in [5.74, 6) is -0.806. The lowest BCUT2D eigenvalue weighted by atomic mass is 10.1. The Hall–Kier alpha value is -1.68. The summed E-state index contributed by atoms with van der Waals surface area (Å²) in [5, 5.41) is 0. The fourth-order valence-electron chi connectivity index (χ4n) is 1.32. The summed E-state index contributed by atoms with van der Waals surface area (Å²) in [4.78, 5) is 23.0. The summed E-state index contributed by atoms with van der Waals surface area (Å²) in [6.07, 6.45) is 0.856. The lowest BCUT2D eigenvalue weighted by Gasteiger charge is -2.11. The zero-order valence-electron chi connectivity index (χ0n) is 9.89. The summed E-state index contributed by atoms with van der Waals surface area (Å²) in [7, 11) is 0. The van der Waals surface area contributed by atoms with Crippen molar-refractivity contribution in [2.45, 2.75) is 32.4 Å². The molecule has 4 heteroatoms. The second kappa shape index (κ2) is 6.81. The number of unbranched alkanes of at least 4 members (excludes halogenated alkanes) is 1. The van der Waals surface area contributed by atoms with Gasteiger partial charge in [0.15, 0.2) is 5.78 Å². The number of esters is 1. The van der Waals surface area contributed by atoms with Crippen molar-refractivity contribution in [2.24, 2.45) is 5.73 Å². The summed E-state index contributed by atoms with van der Waals surface area (Å²) in [6, 6.07) is 8.47. The van der Waals surface area contributed by atoms with Crippen LogP contribution in [0.5, 0.6) is 0 Å². The summed E-state index contributed by atoms with van der Waals surface area (Å²) < 4.78 is 4.88. The van der Waals surface area contributed by atoms with Crippen LogP contribution in [-0.4, -0.2) is 18.0 Å². The molecule has 4 nitrogen and oxygen atoms in total. The van der Waals surface area contributed by atoms with Gasteiger partial charge in [0, 0.05) is 6.42 Å². The number of benzene rings is 1. The molecule has 0 aromatic heterocycles. The molecular weight excluding hydrogens is 218 g/mol. The number of rotatable bonds is 6. The molecule has 0 heterocycles. The third-order valence-electron chi connectivity index (χ3n) is 2.34. The smallest absolute Gasteiger partial charge is 0.340 e. The predicted octanol–water partition coefficient (Wildman–Crippen LogP) is 1.89. The van der Waals surface area contributed by atoms with Crippen LogP contribution in [0.25, 0.3) is 0 Å². The highest BCUT2D eigenvalue weighted by molar-refractivity contribution is 5.92. The molecule has 0 aliphatic heterocycles. The van der Waals surface area contributed by atoms with E-state index >= 15 is 0 Å². The number of hydrogen-bond donors (Lipinski definition) is 1.